The highest BCUT2D eigenvalue weighted by Gasteiger charge is 2.35. The van der Waals surface area contributed by atoms with Crippen LogP contribution in [0.15, 0.2) is 141 Å². The van der Waals surface area contributed by atoms with Crippen molar-refractivity contribution in [3.05, 3.63) is 143 Å². The third kappa shape index (κ3) is 4.20. The average Bonchev–Trinajstić information content (AvgIpc) is 3.01. The molecule has 2 unspecified atom stereocenters. The van der Waals surface area contributed by atoms with Crippen molar-refractivity contribution in [3.63, 3.8) is 0 Å². The molecule has 6 heteroatoms. The van der Waals surface area contributed by atoms with Crippen molar-refractivity contribution >= 4 is 44.9 Å². The number of aliphatic imine (C=N–C) groups is 4. The molecule has 42 heavy (non-hydrogen) atoms. The number of nitrogens with one attached hydrogen (secondary N) is 1. The van der Waals surface area contributed by atoms with Gasteiger partial charge in [-0.05, 0) is 64.7 Å². The van der Waals surface area contributed by atoms with Crippen LogP contribution in [0.3, 0.4) is 0 Å². The van der Waals surface area contributed by atoms with Gasteiger partial charge in [-0.2, -0.15) is 0 Å². The summed E-state index contributed by atoms with van der Waals surface area (Å²) in [4.78, 5) is 21.7. The van der Waals surface area contributed by atoms with Gasteiger partial charge in [0.25, 0.3) is 0 Å². The summed E-state index contributed by atoms with van der Waals surface area (Å²) in [5.74, 6) is 2.39. The molecule has 0 radical (unpaired) electrons. The second-order valence-electron chi connectivity index (χ2n) is 11.0. The van der Waals surface area contributed by atoms with Crippen LogP contribution >= 0.6 is 0 Å². The van der Waals surface area contributed by atoms with Gasteiger partial charge in [-0.1, -0.05) is 97.1 Å². The van der Waals surface area contributed by atoms with Crippen LogP contribution in [0.2, 0.25) is 0 Å². The maximum atomic E-state index is 5.11. The lowest BCUT2D eigenvalue weighted by Crippen LogP contribution is -2.42. The maximum absolute atomic E-state index is 5.11. The van der Waals surface area contributed by atoms with E-state index in [2.05, 4.69) is 137 Å². The molecule has 0 aromatic heterocycles. The van der Waals surface area contributed by atoms with Crippen molar-refractivity contribution in [2.75, 3.05) is 0 Å². The van der Waals surface area contributed by atoms with Gasteiger partial charge < -0.3 is 5.32 Å². The molecule has 1 N–H and O–H groups in total. The number of rotatable bonds is 4. The number of nitrogens with zero attached hydrogens (tertiary/aromatic N) is 5. The lowest BCUT2D eigenvalue weighted by Gasteiger charge is -2.40. The Labute approximate surface area is 244 Å². The number of hydrogen-bond acceptors (Lipinski definition) is 6. The van der Waals surface area contributed by atoms with Crippen LogP contribution in [0.4, 0.5) is 0 Å². The lowest BCUT2D eigenvalue weighted by molar-refractivity contribution is 0.332. The fourth-order valence-corrected chi connectivity index (χ4v) is 5.91. The Morgan fingerprint density at radius 3 is 1.90 bits per heavy atom. The average molecular weight is 545 g/mol. The van der Waals surface area contributed by atoms with Gasteiger partial charge in [0, 0.05) is 22.5 Å². The number of allylic oxidation sites excluding steroid dienone is 2. The van der Waals surface area contributed by atoms with Crippen molar-refractivity contribution in [2.24, 2.45) is 20.0 Å². The molecular formula is C36H28N6. The second-order valence-corrected chi connectivity index (χ2v) is 11.0. The van der Waals surface area contributed by atoms with E-state index in [1.165, 1.54) is 21.5 Å². The summed E-state index contributed by atoms with van der Waals surface area (Å²) in [6, 6.07) is 38.3. The molecule has 3 aliphatic rings. The van der Waals surface area contributed by atoms with Gasteiger partial charge in [0.05, 0.1) is 0 Å². The summed E-state index contributed by atoms with van der Waals surface area (Å²) < 4.78 is 0. The summed E-state index contributed by atoms with van der Waals surface area (Å²) in [5, 5.41) is 8.32. The van der Waals surface area contributed by atoms with E-state index < -0.39 is 0 Å². The topological polar surface area (TPSA) is 64.7 Å². The second kappa shape index (κ2) is 9.63. The van der Waals surface area contributed by atoms with Gasteiger partial charge in [-0.25, -0.2) is 20.0 Å². The van der Waals surface area contributed by atoms with Crippen LogP contribution in [0.25, 0.3) is 21.5 Å². The van der Waals surface area contributed by atoms with Crippen LogP contribution < -0.4 is 5.32 Å². The van der Waals surface area contributed by atoms with Gasteiger partial charge in [0.15, 0.2) is 12.3 Å². The number of benzene rings is 5. The first-order valence-electron chi connectivity index (χ1n) is 14.2. The number of guanidine groups is 1. The van der Waals surface area contributed by atoms with E-state index in [0.717, 1.165) is 51.3 Å². The van der Waals surface area contributed by atoms with E-state index in [1.54, 1.807) is 0 Å². The lowest BCUT2D eigenvalue weighted by atomic mass is 10.0. The zero-order valence-electron chi connectivity index (χ0n) is 23.4. The van der Waals surface area contributed by atoms with E-state index in [9.17, 15) is 0 Å². The van der Waals surface area contributed by atoms with Gasteiger partial charge >= 0.3 is 0 Å². The Morgan fingerprint density at radius 2 is 1.19 bits per heavy atom. The monoisotopic (exact) mass is 544 g/mol. The van der Waals surface area contributed by atoms with Crippen LogP contribution in [-0.2, 0) is 0 Å². The molecule has 0 fully saturated rings. The minimum Gasteiger partial charge on any atom is -0.324 e. The fourth-order valence-electron chi connectivity index (χ4n) is 5.91. The minimum absolute atomic E-state index is 0.0523. The minimum atomic E-state index is -0.368. The van der Waals surface area contributed by atoms with Crippen molar-refractivity contribution in [2.45, 2.75) is 26.2 Å². The van der Waals surface area contributed by atoms with E-state index in [1.807, 2.05) is 6.92 Å². The molecule has 202 valence electrons. The molecule has 6 nitrogen and oxygen atoms in total. The summed E-state index contributed by atoms with van der Waals surface area (Å²) in [5.41, 5.74) is 6.36. The Morgan fingerprint density at radius 1 is 0.595 bits per heavy atom. The Bertz CT molecular complexity index is 2050. The van der Waals surface area contributed by atoms with Crippen molar-refractivity contribution in [1.29, 1.82) is 0 Å². The smallest absolute Gasteiger partial charge is 0.229 e. The van der Waals surface area contributed by atoms with Crippen molar-refractivity contribution < 1.29 is 0 Å². The molecule has 8 rings (SSSR count). The van der Waals surface area contributed by atoms with Gasteiger partial charge in [-0.15, -0.1) is 0 Å². The van der Waals surface area contributed by atoms with E-state index in [-0.39, 0.29) is 12.3 Å². The Kier molecular flexibility index (Phi) is 5.60. The number of amidine groups is 2. The normalized spacial score (nSPS) is 19.6. The van der Waals surface area contributed by atoms with Crippen LogP contribution in [0.5, 0.6) is 0 Å². The Balaban J connectivity index is 1.16. The first-order valence-corrected chi connectivity index (χ1v) is 14.2. The summed E-state index contributed by atoms with van der Waals surface area (Å²) in [6.45, 7) is 4.11. The predicted octanol–water partition coefficient (Wildman–Crippen LogP) is 7.54. The third-order valence-corrected chi connectivity index (χ3v) is 8.09. The van der Waals surface area contributed by atoms with Crippen molar-refractivity contribution in [3.8, 4) is 0 Å². The molecule has 0 saturated carbocycles. The number of fused-ring (bicyclic) bond motifs is 3. The molecule has 5 aromatic carbocycles. The zero-order chi connectivity index (χ0) is 28.2. The zero-order valence-corrected chi connectivity index (χ0v) is 23.4. The molecule has 0 saturated heterocycles. The molecular weight excluding hydrogens is 516 g/mol. The van der Waals surface area contributed by atoms with E-state index >= 15 is 0 Å². The molecule has 2 atom stereocenters. The molecule has 3 heterocycles. The molecule has 3 aliphatic heterocycles. The highest BCUT2D eigenvalue weighted by atomic mass is 15.4. The SMILES string of the molecule is CC1=CC(C)=NC2=NC(c3ccc(C4=NC(c5ccc6ccccc6c5)N=C(c5ccc6ccccc6c5)N4)cc3)N12. The molecule has 5 aromatic rings. The first kappa shape index (κ1) is 24.4. The predicted molar refractivity (Wildman–Crippen MR) is 172 cm³/mol. The van der Waals surface area contributed by atoms with Crippen LogP contribution in [0.1, 0.15) is 48.4 Å². The van der Waals surface area contributed by atoms with Crippen LogP contribution in [-0.4, -0.2) is 28.2 Å². The maximum Gasteiger partial charge on any atom is 0.229 e. The quantitative estimate of drug-likeness (QED) is 0.254. The molecule has 0 aliphatic carbocycles. The molecule has 0 spiro atoms. The molecule has 0 amide bonds. The summed E-state index contributed by atoms with van der Waals surface area (Å²) in [7, 11) is 0. The van der Waals surface area contributed by atoms with Gasteiger partial charge in [0.1, 0.15) is 11.7 Å². The van der Waals surface area contributed by atoms with Crippen molar-refractivity contribution in [1.82, 2.24) is 10.2 Å². The summed E-state index contributed by atoms with van der Waals surface area (Å²) >= 11 is 0. The molecule has 0 bridgehead atoms. The highest BCUT2D eigenvalue weighted by Crippen LogP contribution is 2.36. The largest absolute Gasteiger partial charge is 0.324 e. The van der Waals surface area contributed by atoms with Crippen LogP contribution in [0, 0.1) is 0 Å². The first-order chi connectivity index (χ1) is 20.6. The summed E-state index contributed by atoms with van der Waals surface area (Å²) in [6.07, 6.45) is 1.68. The van der Waals surface area contributed by atoms with E-state index in [4.69, 9.17) is 15.0 Å². The Hall–Kier alpha value is -5.36. The number of hydrogen-bond donors (Lipinski definition) is 1. The van der Waals surface area contributed by atoms with E-state index in [0.29, 0.717) is 0 Å². The standard InChI is InChI=1S/C36H28N6/c1-22-19-23(2)42-35(41-36(42)37-22)27-15-13-26(14-16-27)32-38-33(30-17-11-24-7-3-5-9-28(24)20-30)40-34(39-32)31-18-12-25-8-4-6-10-29(25)21-31/h3-21,33,35H,1-2H3,(H,38,39,40). The van der Waals surface area contributed by atoms with Gasteiger partial charge in [-0.3, -0.25) is 4.90 Å². The van der Waals surface area contributed by atoms with Gasteiger partial charge in [0.2, 0.25) is 5.96 Å². The highest BCUT2D eigenvalue weighted by molar-refractivity contribution is 6.16. The fraction of sp³-hybridized carbons (Fsp3) is 0.111. The third-order valence-electron chi connectivity index (χ3n) is 8.09.